The quantitative estimate of drug-likeness (QED) is 0.302. The van der Waals surface area contributed by atoms with Gasteiger partial charge in [-0.25, -0.2) is 9.78 Å². The molecular weight excluding hydrogens is 464 g/mol. The summed E-state index contributed by atoms with van der Waals surface area (Å²) in [6.07, 6.45) is 4.36. The van der Waals surface area contributed by atoms with Crippen molar-refractivity contribution in [2.24, 2.45) is 0 Å². The summed E-state index contributed by atoms with van der Waals surface area (Å²) >= 11 is 0. The molecule has 1 aromatic heterocycles. The summed E-state index contributed by atoms with van der Waals surface area (Å²) in [7, 11) is 0. The summed E-state index contributed by atoms with van der Waals surface area (Å²) in [5.74, 6) is 0.548. The highest BCUT2D eigenvalue weighted by Crippen LogP contribution is 2.43. The second kappa shape index (κ2) is 10.9. The molecule has 5 rings (SSSR count). The minimum Gasteiger partial charge on any atom is -0.474 e. The number of fused-ring (bicyclic) bond motifs is 1. The van der Waals surface area contributed by atoms with Gasteiger partial charge in [0.1, 0.15) is 18.8 Å². The molecule has 1 amide bonds. The first-order valence-electron chi connectivity index (χ1n) is 13.0. The molecular formula is C30H32N4O3. The van der Waals surface area contributed by atoms with Crippen LogP contribution < -0.4 is 15.0 Å². The fraction of sp³-hybridized carbons (Fsp3) is 0.367. The van der Waals surface area contributed by atoms with E-state index in [0.717, 1.165) is 65.7 Å². The minimum absolute atomic E-state index is 0.288. The zero-order chi connectivity index (χ0) is 25.7. The maximum Gasteiger partial charge on any atom is 0.407 e. The molecule has 1 N–H and O–H groups in total. The van der Waals surface area contributed by atoms with Gasteiger partial charge in [-0.15, -0.1) is 0 Å². The second-order valence-corrected chi connectivity index (χ2v) is 9.63. The maximum atomic E-state index is 12.4. The van der Waals surface area contributed by atoms with Crippen LogP contribution >= 0.6 is 0 Å². The SMILES string of the molecule is CCCCOC(=O)NC1(c2ccc(-c3nc4c(cc3-c3ccccc3)N(CC#N)CCO4)cc2)CCC1. The van der Waals surface area contributed by atoms with Crippen LogP contribution in [0.1, 0.15) is 44.6 Å². The number of rotatable bonds is 8. The van der Waals surface area contributed by atoms with Crippen molar-refractivity contribution in [2.75, 3.05) is 31.2 Å². The number of unbranched alkanes of at least 4 members (excludes halogenated alkanes) is 1. The zero-order valence-corrected chi connectivity index (χ0v) is 21.2. The zero-order valence-electron chi connectivity index (χ0n) is 21.2. The molecule has 0 bridgehead atoms. The van der Waals surface area contributed by atoms with Crippen LogP contribution in [0.2, 0.25) is 0 Å². The van der Waals surface area contributed by atoms with E-state index in [2.05, 4.69) is 60.8 Å². The van der Waals surface area contributed by atoms with Gasteiger partial charge in [0, 0.05) is 11.1 Å². The topological polar surface area (TPSA) is 87.5 Å². The van der Waals surface area contributed by atoms with Crippen molar-refractivity contribution in [1.82, 2.24) is 10.3 Å². The van der Waals surface area contributed by atoms with Crippen LogP contribution in [0.25, 0.3) is 22.4 Å². The van der Waals surface area contributed by atoms with E-state index < -0.39 is 0 Å². The number of anilines is 1. The van der Waals surface area contributed by atoms with E-state index in [9.17, 15) is 10.1 Å². The van der Waals surface area contributed by atoms with Crippen molar-refractivity contribution in [3.8, 4) is 34.3 Å². The van der Waals surface area contributed by atoms with Gasteiger partial charge in [-0.1, -0.05) is 67.9 Å². The molecule has 2 aromatic carbocycles. The molecule has 0 spiro atoms. The van der Waals surface area contributed by atoms with E-state index in [-0.39, 0.29) is 18.2 Å². The van der Waals surface area contributed by atoms with Crippen molar-refractivity contribution >= 4 is 11.8 Å². The molecule has 2 heterocycles. The summed E-state index contributed by atoms with van der Waals surface area (Å²) < 4.78 is 11.3. The number of alkyl carbamates (subject to hydrolysis) is 1. The molecule has 37 heavy (non-hydrogen) atoms. The van der Waals surface area contributed by atoms with E-state index in [1.807, 2.05) is 23.1 Å². The number of aromatic nitrogens is 1. The van der Waals surface area contributed by atoms with E-state index in [1.165, 1.54) is 0 Å². The Morgan fingerprint density at radius 2 is 1.95 bits per heavy atom. The maximum absolute atomic E-state index is 12.4. The number of nitriles is 1. The average molecular weight is 497 g/mol. The van der Waals surface area contributed by atoms with E-state index in [1.54, 1.807) is 0 Å². The summed E-state index contributed by atoms with van der Waals surface area (Å²) in [6, 6.07) is 22.8. The Morgan fingerprint density at radius 3 is 2.62 bits per heavy atom. The van der Waals surface area contributed by atoms with Crippen molar-refractivity contribution in [1.29, 1.82) is 5.26 Å². The number of carbonyl (C=O) groups is 1. The van der Waals surface area contributed by atoms with Crippen LogP contribution in [0.15, 0.2) is 60.7 Å². The summed E-state index contributed by atoms with van der Waals surface area (Å²) in [5, 5.41) is 12.4. The number of nitrogens with one attached hydrogen (secondary N) is 1. The Bertz CT molecular complexity index is 1280. The number of nitrogens with zero attached hydrogens (tertiary/aromatic N) is 3. The molecule has 0 atom stereocenters. The molecule has 1 aliphatic heterocycles. The highest BCUT2D eigenvalue weighted by molar-refractivity contribution is 5.85. The summed E-state index contributed by atoms with van der Waals surface area (Å²) in [5.41, 5.74) is 5.35. The lowest BCUT2D eigenvalue weighted by Crippen LogP contribution is -2.51. The monoisotopic (exact) mass is 496 g/mol. The first-order chi connectivity index (χ1) is 18.1. The Balaban J connectivity index is 1.48. The van der Waals surface area contributed by atoms with Gasteiger partial charge >= 0.3 is 6.09 Å². The number of hydrogen-bond donors (Lipinski definition) is 1. The van der Waals surface area contributed by atoms with Crippen LogP contribution in [0.3, 0.4) is 0 Å². The molecule has 1 saturated carbocycles. The Kier molecular flexibility index (Phi) is 7.27. The molecule has 2 aliphatic rings. The lowest BCUT2D eigenvalue weighted by Gasteiger charge is -2.42. The van der Waals surface area contributed by atoms with Gasteiger partial charge in [0.15, 0.2) is 0 Å². The number of hydrogen-bond acceptors (Lipinski definition) is 6. The third-order valence-electron chi connectivity index (χ3n) is 7.25. The molecule has 0 saturated heterocycles. The van der Waals surface area contributed by atoms with Gasteiger partial charge in [0.05, 0.1) is 30.5 Å². The third-order valence-corrected chi connectivity index (χ3v) is 7.25. The number of pyridine rings is 1. The summed E-state index contributed by atoms with van der Waals surface area (Å²) in [4.78, 5) is 19.4. The van der Waals surface area contributed by atoms with Gasteiger partial charge in [-0.05, 0) is 42.9 Å². The fourth-order valence-electron chi connectivity index (χ4n) is 5.00. The smallest absolute Gasteiger partial charge is 0.407 e. The molecule has 1 aliphatic carbocycles. The molecule has 7 nitrogen and oxygen atoms in total. The van der Waals surface area contributed by atoms with E-state index >= 15 is 0 Å². The fourth-order valence-corrected chi connectivity index (χ4v) is 5.00. The molecule has 7 heteroatoms. The number of amides is 1. The van der Waals surface area contributed by atoms with Crippen molar-refractivity contribution in [3.05, 3.63) is 66.2 Å². The first kappa shape index (κ1) is 24.6. The van der Waals surface area contributed by atoms with Gasteiger partial charge in [0.25, 0.3) is 0 Å². The third kappa shape index (κ3) is 5.10. The van der Waals surface area contributed by atoms with Gasteiger partial charge in [0.2, 0.25) is 5.88 Å². The lowest BCUT2D eigenvalue weighted by atomic mass is 9.71. The summed E-state index contributed by atoms with van der Waals surface area (Å²) in [6.45, 7) is 3.95. The highest BCUT2D eigenvalue weighted by Gasteiger charge is 2.40. The van der Waals surface area contributed by atoms with Crippen molar-refractivity contribution in [3.63, 3.8) is 0 Å². The second-order valence-electron chi connectivity index (χ2n) is 9.63. The van der Waals surface area contributed by atoms with Gasteiger partial charge in [-0.3, -0.25) is 0 Å². The van der Waals surface area contributed by atoms with Crippen LogP contribution in [0.5, 0.6) is 5.88 Å². The normalized spacial score (nSPS) is 15.5. The van der Waals surface area contributed by atoms with E-state index in [4.69, 9.17) is 14.5 Å². The molecule has 0 radical (unpaired) electrons. The lowest BCUT2D eigenvalue weighted by molar-refractivity contribution is 0.110. The van der Waals surface area contributed by atoms with Gasteiger partial charge < -0.3 is 19.7 Å². The Hall–Kier alpha value is -4.05. The largest absolute Gasteiger partial charge is 0.474 e. The predicted octanol–water partition coefficient (Wildman–Crippen LogP) is 6.04. The minimum atomic E-state index is -0.381. The number of carbonyl (C=O) groups excluding carboxylic acids is 1. The average Bonchev–Trinajstić information content (AvgIpc) is 2.91. The molecule has 3 aromatic rings. The number of benzene rings is 2. The van der Waals surface area contributed by atoms with Crippen molar-refractivity contribution in [2.45, 2.75) is 44.6 Å². The van der Waals surface area contributed by atoms with Gasteiger partial charge in [-0.2, -0.15) is 5.26 Å². The first-order valence-corrected chi connectivity index (χ1v) is 13.0. The molecule has 190 valence electrons. The number of ether oxygens (including phenoxy) is 2. The Labute approximate surface area is 218 Å². The van der Waals surface area contributed by atoms with E-state index in [0.29, 0.717) is 25.6 Å². The van der Waals surface area contributed by atoms with Crippen LogP contribution in [0.4, 0.5) is 10.5 Å². The van der Waals surface area contributed by atoms with Crippen LogP contribution in [0, 0.1) is 11.3 Å². The highest BCUT2D eigenvalue weighted by atomic mass is 16.5. The molecule has 0 unspecified atom stereocenters. The van der Waals surface area contributed by atoms with Crippen molar-refractivity contribution < 1.29 is 14.3 Å². The standard InChI is InChI=1S/C30H32N4O3/c1-2-3-19-37-29(35)33-30(14-7-15-30)24-12-10-23(11-13-24)27-25(22-8-5-4-6-9-22)21-26-28(32-27)36-20-18-34(26)17-16-31/h4-6,8-13,21H,2-3,7,14-15,17-20H2,1H3,(H,33,35). The Morgan fingerprint density at radius 1 is 1.16 bits per heavy atom. The van der Waals surface area contributed by atoms with Crippen LogP contribution in [-0.4, -0.2) is 37.4 Å². The predicted molar refractivity (Wildman–Crippen MR) is 143 cm³/mol. The van der Waals surface area contributed by atoms with Crippen LogP contribution in [-0.2, 0) is 10.3 Å². The molecule has 1 fully saturated rings.